The van der Waals surface area contributed by atoms with Gasteiger partial charge < -0.3 is 15.0 Å². The standard InChI is InChI=1S/C25H28N4O3/c1-4-32-25(31)18-9-7-10-19(14-18)28-22-20-12-11-16(2)27-23(20)26-15-21(22)24(30)29-13-6-5-8-17(29)3/h7,9-12,14-15,17H,4-6,8,13H2,1-3H3,(H,26,27,28)/t17-/m0/s1. The number of anilines is 2. The molecule has 1 atom stereocenters. The van der Waals surface area contributed by atoms with Gasteiger partial charge in [-0.05, 0) is 70.4 Å². The van der Waals surface area contributed by atoms with Crippen LogP contribution in [0.5, 0.6) is 0 Å². The Kier molecular flexibility index (Phi) is 6.35. The van der Waals surface area contributed by atoms with Crippen molar-refractivity contribution in [3.05, 3.63) is 59.4 Å². The van der Waals surface area contributed by atoms with Crippen LogP contribution >= 0.6 is 0 Å². The van der Waals surface area contributed by atoms with Crippen LogP contribution < -0.4 is 5.32 Å². The van der Waals surface area contributed by atoms with E-state index in [2.05, 4.69) is 22.2 Å². The number of carbonyl (C=O) groups excluding carboxylic acids is 2. The van der Waals surface area contributed by atoms with Gasteiger partial charge in [0.25, 0.3) is 5.91 Å². The van der Waals surface area contributed by atoms with Crippen molar-refractivity contribution in [2.75, 3.05) is 18.5 Å². The molecule has 0 bridgehead atoms. The van der Waals surface area contributed by atoms with Gasteiger partial charge in [0.15, 0.2) is 5.65 Å². The van der Waals surface area contributed by atoms with Crippen molar-refractivity contribution in [2.24, 2.45) is 0 Å². The fourth-order valence-corrected chi connectivity index (χ4v) is 4.11. The van der Waals surface area contributed by atoms with Crippen LogP contribution in [0.15, 0.2) is 42.6 Å². The van der Waals surface area contributed by atoms with E-state index in [1.54, 1.807) is 31.3 Å². The topological polar surface area (TPSA) is 84.4 Å². The van der Waals surface area contributed by atoms with E-state index in [1.807, 2.05) is 30.0 Å². The predicted molar refractivity (Wildman–Crippen MR) is 124 cm³/mol. The number of fused-ring (bicyclic) bond motifs is 1. The maximum atomic E-state index is 13.5. The van der Waals surface area contributed by atoms with Gasteiger partial charge in [-0.1, -0.05) is 6.07 Å². The molecule has 7 heteroatoms. The normalized spacial score (nSPS) is 16.1. The first kappa shape index (κ1) is 21.7. The van der Waals surface area contributed by atoms with E-state index < -0.39 is 0 Å². The van der Waals surface area contributed by atoms with Crippen LogP contribution in [-0.4, -0.2) is 45.9 Å². The third-order valence-electron chi connectivity index (χ3n) is 5.81. The summed E-state index contributed by atoms with van der Waals surface area (Å²) in [6.45, 7) is 6.82. The van der Waals surface area contributed by atoms with Gasteiger partial charge in [-0.3, -0.25) is 4.79 Å². The minimum absolute atomic E-state index is 0.0452. The lowest BCUT2D eigenvalue weighted by Crippen LogP contribution is -2.42. The number of hydrogen-bond acceptors (Lipinski definition) is 6. The molecule has 4 rings (SSSR count). The van der Waals surface area contributed by atoms with Crippen molar-refractivity contribution in [1.82, 2.24) is 14.9 Å². The number of ether oxygens (including phenoxy) is 1. The smallest absolute Gasteiger partial charge is 0.338 e. The second-order valence-corrected chi connectivity index (χ2v) is 8.14. The molecule has 3 heterocycles. The van der Waals surface area contributed by atoms with Crippen molar-refractivity contribution in [2.45, 2.75) is 46.1 Å². The summed E-state index contributed by atoms with van der Waals surface area (Å²) >= 11 is 0. The van der Waals surface area contributed by atoms with Gasteiger partial charge in [0.05, 0.1) is 23.4 Å². The summed E-state index contributed by atoms with van der Waals surface area (Å²) in [5.41, 5.74) is 3.69. The second kappa shape index (κ2) is 9.34. The summed E-state index contributed by atoms with van der Waals surface area (Å²) in [6, 6.07) is 11.1. The Balaban J connectivity index is 1.78. The number of esters is 1. The van der Waals surface area contributed by atoms with Gasteiger partial charge in [0, 0.05) is 35.6 Å². The number of hydrogen-bond donors (Lipinski definition) is 1. The second-order valence-electron chi connectivity index (χ2n) is 8.14. The molecule has 1 aromatic carbocycles. The first-order valence-electron chi connectivity index (χ1n) is 11.1. The largest absolute Gasteiger partial charge is 0.462 e. The molecule has 0 spiro atoms. The van der Waals surface area contributed by atoms with Crippen LogP contribution in [0.25, 0.3) is 11.0 Å². The molecule has 0 unspecified atom stereocenters. The van der Waals surface area contributed by atoms with Gasteiger partial charge >= 0.3 is 5.97 Å². The molecule has 3 aromatic rings. The van der Waals surface area contributed by atoms with Crippen LogP contribution in [0.2, 0.25) is 0 Å². The number of pyridine rings is 2. The average molecular weight is 433 g/mol. The summed E-state index contributed by atoms with van der Waals surface area (Å²) < 4.78 is 5.12. The molecule has 0 radical (unpaired) electrons. The number of amides is 1. The van der Waals surface area contributed by atoms with Crippen LogP contribution in [0.3, 0.4) is 0 Å². The van der Waals surface area contributed by atoms with E-state index in [-0.39, 0.29) is 17.9 Å². The Morgan fingerprint density at radius 1 is 1.22 bits per heavy atom. The summed E-state index contributed by atoms with van der Waals surface area (Å²) in [4.78, 5) is 36.7. The third-order valence-corrected chi connectivity index (χ3v) is 5.81. The van der Waals surface area contributed by atoms with Gasteiger partial charge in [0.1, 0.15) is 0 Å². The molecule has 1 N–H and O–H groups in total. The molecule has 1 aliphatic heterocycles. The highest BCUT2D eigenvalue weighted by molar-refractivity contribution is 6.07. The molecular formula is C25H28N4O3. The van der Waals surface area contributed by atoms with Crippen LogP contribution in [0.1, 0.15) is 59.5 Å². The fourth-order valence-electron chi connectivity index (χ4n) is 4.11. The Labute approximate surface area is 187 Å². The molecule has 166 valence electrons. The molecule has 1 aliphatic rings. The molecule has 1 fully saturated rings. The first-order valence-corrected chi connectivity index (χ1v) is 11.1. The number of rotatable bonds is 5. The zero-order valence-corrected chi connectivity index (χ0v) is 18.7. The van der Waals surface area contributed by atoms with Crippen LogP contribution in [0, 0.1) is 6.92 Å². The van der Waals surface area contributed by atoms with E-state index in [1.165, 1.54) is 0 Å². The molecule has 0 saturated carbocycles. The number of benzene rings is 1. The lowest BCUT2D eigenvalue weighted by molar-refractivity contribution is 0.0525. The number of likely N-dealkylation sites (tertiary alicyclic amines) is 1. The van der Waals surface area contributed by atoms with E-state index in [0.717, 1.165) is 36.9 Å². The molecule has 2 aromatic heterocycles. The maximum absolute atomic E-state index is 13.5. The van der Waals surface area contributed by atoms with Gasteiger partial charge in [0.2, 0.25) is 0 Å². The Morgan fingerprint density at radius 3 is 2.84 bits per heavy atom. The van der Waals surface area contributed by atoms with E-state index in [0.29, 0.717) is 34.8 Å². The molecule has 7 nitrogen and oxygen atoms in total. The van der Waals surface area contributed by atoms with Crippen molar-refractivity contribution >= 4 is 34.3 Å². The third kappa shape index (κ3) is 4.42. The van der Waals surface area contributed by atoms with Gasteiger partial charge in [-0.15, -0.1) is 0 Å². The first-order chi connectivity index (χ1) is 15.5. The number of carbonyl (C=O) groups is 2. The highest BCUT2D eigenvalue weighted by Gasteiger charge is 2.27. The number of piperidine rings is 1. The Bertz CT molecular complexity index is 1160. The number of aryl methyl sites for hydroxylation is 1. The predicted octanol–water partition coefficient (Wildman–Crippen LogP) is 4.87. The zero-order chi connectivity index (χ0) is 22.7. The lowest BCUT2D eigenvalue weighted by Gasteiger charge is -2.34. The van der Waals surface area contributed by atoms with Crippen molar-refractivity contribution in [3.63, 3.8) is 0 Å². The average Bonchev–Trinajstić information content (AvgIpc) is 2.79. The summed E-state index contributed by atoms with van der Waals surface area (Å²) in [7, 11) is 0. The lowest BCUT2D eigenvalue weighted by atomic mass is 10.0. The molecule has 1 saturated heterocycles. The Morgan fingerprint density at radius 2 is 2.06 bits per heavy atom. The van der Waals surface area contributed by atoms with E-state index in [9.17, 15) is 9.59 Å². The number of nitrogens with zero attached hydrogens (tertiary/aromatic N) is 3. The maximum Gasteiger partial charge on any atom is 0.338 e. The summed E-state index contributed by atoms with van der Waals surface area (Å²) in [5, 5.41) is 4.13. The van der Waals surface area contributed by atoms with Crippen molar-refractivity contribution < 1.29 is 14.3 Å². The minimum atomic E-state index is -0.383. The van der Waals surface area contributed by atoms with Crippen LogP contribution in [0.4, 0.5) is 11.4 Å². The highest BCUT2D eigenvalue weighted by atomic mass is 16.5. The van der Waals surface area contributed by atoms with Crippen molar-refractivity contribution in [1.29, 1.82) is 0 Å². The minimum Gasteiger partial charge on any atom is -0.462 e. The quantitative estimate of drug-likeness (QED) is 0.579. The van der Waals surface area contributed by atoms with Crippen molar-refractivity contribution in [3.8, 4) is 0 Å². The molecular weight excluding hydrogens is 404 g/mol. The van der Waals surface area contributed by atoms with E-state index in [4.69, 9.17) is 4.74 Å². The van der Waals surface area contributed by atoms with Gasteiger partial charge in [-0.2, -0.15) is 0 Å². The fraction of sp³-hybridized carbons (Fsp3) is 0.360. The number of nitrogens with one attached hydrogen (secondary N) is 1. The van der Waals surface area contributed by atoms with Crippen LogP contribution in [-0.2, 0) is 4.74 Å². The van der Waals surface area contributed by atoms with E-state index >= 15 is 0 Å². The molecule has 1 amide bonds. The zero-order valence-electron chi connectivity index (χ0n) is 18.7. The SMILES string of the molecule is CCOC(=O)c1cccc(Nc2c(C(=O)N3CCCC[C@@H]3C)cnc3nc(C)ccc23)c1. The molecule has 0 aliphatic carbocycles. The highest BCUT2D eigenvalue weighted by Crippen LogP contribution is 2.31. The molecule has 32 heavy (non-hydrogen) atoms. The number of aromatic nitrogens is 2. The van der Waals surface area contributed by atoms with Gasteiger partial charge in [-0.25, -0.2) is 14.8 Å². The Hall–Kier alpha value is -3.48. The summed E-state index contributed by atoms with van der Waals surface area (Å²) in [6.07, 6.45) is 4.74. The summed E-state index contributed by atoms with van der Waals surface area (Å²) in [5.74, 6) is -0.428. The monoisotopic (exact) mass is 432 g/mol.